The van der Waals surface area contributed by atoms with Gasteiger partial charge in [-0.25, -0.2) is 9.59 Å². The molecule has 113 heavy (non-hydrogen) atoms. The Kier molecular flexibility index (Phi) is 24.0. The molecule has 0 saturated carbocycles. The van der Waals surface area contributed by atoms with E-state index in [0.717, 1.165) is 55.6 Å². The number of amides is 8. The van der Waals surface area contributed by atoms with E-state index in [4.69, 9.17) is 25.7 Å². The van der Waals surface area contributed by atoms with Crippen LogP contribution in [-0.4, -0.2) is 159 Å². The van der Waals surface area contributed by atoms with Crippen LogP contribution in [0.2, 0.25) is 0 Å². The van der Waals surface area contributed by atoms with Gasteiger partial charge in [0.2, 0.25) is 17.7 Å². The van der Waals surface area contributed by atoms with E-state index in [1.807, 2.05) is 140 Å². The second kappa shape index (κ2) is 34.3. The SMILES string of the molecule is Cc1c(N(C(=O)c2cc(-c3cc4c(cc3C(=O)N3Cc5ccccc5C[C@H]3C)CN(C(=O)Cc3ccc(OCC[N+]5(Cc6ccc(NC(=O)[C@H](CCCNC(N)=O)NC(=O)[C@@H](N)C(C)C)cc6CN(C)C(=O)OCC6c7ccccc7-c7ccccc76)CCOCC5)cc3)CC4)n(C)c2C)c2ccc(O)cc2)cc(C#N)n1C. The molecule has 3 aliphatic heterocycles. The molecular weight excluding hydrogens is 1430 g/mol. The molecule has 1 fully saturated rings. The first kappa shape index (κ1) is 79.1. The summed E-state index contributed by atoms with van der Waals surface area (Å²) in [6.07, 6.45) is 1.32. The van der Waals surface area contributed by atoms with Crippen molar-refractivity contribution in [3.63, 3.8) is 0 Å². The zero-order chi connectivity index (χ0) is 79.9. The van der Waals surface area contributed by atoms with Gasteiger partial charge in [-0.15, -0.1) is 0 Å². The second-order valence-corrected chi connectivity index (χ2v) is 30.8. The summed E-state index contributed by atoms with van der Waals surface area (Å²) >= 11 is 0. The maximum atomic E-state index is 15.5. The Bertz CT molecular complexity index is 5090. The van der Waals surface area contributed by atoms with Crippen LogP contribution in [0.15, 0.2) is 164 Å². The van der Waals surface area contributed by atoms with Crippen molar-refractivity contribution in [1.29, 1.82) is 5.26 Å². The van der Waals surface area contributed by atoms with Gasteiger partial charge in [-0.1, -0.05) is 105 Å². The van der Waals surface area contributed by atoms with Crippen molar-refractivity contribution < 1.29 is 57.4 Å². The predicted molar refractivity (Wildman–Crippen MR) is 432 cm³/mol. The fraction of sp³-hybridized carbons (Fsp3) is 0.348. The molecule has 0 spiro atoms. The number of nitrogens with one attached hydrogen (secondary N) is 3. The standard InChI is InChI=1S/C89H99N13O11/c1-55(2)83(91)85(106)95-79(22-15-34-93-88(92)109)84(105)94-66-26-25-63(64(44-66)50-96(6)89(110)113-54-78-73-20-13-11-18-71(73)72-19-12-14-21-74(72)78)53-102(36-39-111-40-37-102)38-41-112-70-31-23-59(24-32-70)43-82(104)99-35-33-61-45-76(77(46-65(61)51-99)86(107)100-52-62-17-10-9-16-60(62)42-56(100)3)81-48-75(57(4)98(81)8)87(108)101(67-27-29-69(103)30-28-67)80-47-68(49-90)97(7)58(80)5/h9-14,16-21,23-32,44-48,55-56,78-79,83H,15,22,33-43,50-54,91H2,1-8H3,(H5-,92,93,94,95,103,105,106,109)/p+1/t56-,79+,83+/m1/s1. The molecule has 5 heterocycles. The highest BCUT2D eigenvalue weighted by atomic mass is 16.6. The van der Waals surface area contributed by atoms with Crippen LogP contribution in [0.4, 0.5) is 26.7 Å². The molecule has 1 aliphatic carbocycles. The number of aromatic nitrogens is 2. The number of morpholine rings is 1. The van der Waals surface area contributed by atoms with E-state index < -0.39 is 36.0 Å². The lowest BCUT2D eigenvalue weighted by molar-refractivity contribution is -0.947. The zero-order valence-electron chi connectivity index (χ0n) is 65.5. The maximum absolute atomic E-state index is 15.5. The number of carbonyl (C=O) groups is 7. The number of aromatic hydroxyl groups is 1. The number of fused-ring (bicyclic) bond motifs is 5. The Morgan fingerprint density at radius 3 is 2.12 bits per heavy atom. The molecule has 13 rings (SSSR count). The topological polar surface area (TPSA) is 302 Å². The van der Waals surface area contributed by atoms with Crippen LogP contribution < -0.4 is 37.1 Å². The number of phenols is 1. The van der Waals surface area contributed by atoms with Gasteiger partial charge in [0, 0.05) is 111 Å². The first-order valence-electron chi connectivity index (χ1n) is 38.8. The number of nitrogens with two attached hydrogens (primary N) is 2. The van der Waals surface area contributed by atoms with Crippen LogP contribution in [0.3, 0.4) is 0 Å². The largest absolute Gasteiger partial charge is 0.508 e. The van der Waals surface area contributed by atoms with Gasteiger partial charge in [0.25, 0.3) is 11.8 Å². The monoisotopic (exact) mass is 1530 g/mol. The lowest BCUT2D eigenvalue weighted by Gasteiger charge is -2.41. The number of ether oxygens (including phenoxy) is 3. The van der Waals surface area contributed by atoms with E-state index in [0.29, 0.717) is 145 Å². The molecule has 24 nitrogen and oxygen atoms in total. The third-order valence-electron chi connectivity index (χ3n) is 23.1. The molecule has 586 valence electrons. The van der Waals surface area contributed by atoms with Crippen molar-refractivity contribution in [1.82, 2.24) is 34.5 Å². The molecule has 0 bridgehead atoms. The second-order valence-electron chi connectivity index (χ2n) is 30.8. The van der Waals surface area contributed by atoms with Crippen LogP contribution in [0.25, 0.3) is 22.4 Å². The minimum Gasteiger partial charge on any atom is -0.508 e. The van der Waals surface area contributed by atoms with Crippen molar-refractivity contribution in [3.05, 3.63) is 242 Å². The van der Waals surface area contributed by atoms with Gasteiger partial charge >= 0.3 is 12.1 Å². The normalized spacial score (nSPS) is 15.3. The Balaban J connectivity index is 0.708. The van der Waals surface area contributed by atoms with Gasteiger partial charge in [-0.3, -0.25) is 28.9 Å². The molecule has 7 aromatic carbocycles. The number of hydrogen-bond acceptors (Lipinski definition) is 13. The summed E-state index contributed by atoms with van der Waals surface area (Å²) < 4.78 is 22.9. The average molecular weight is 1530 g/mol. The number of benzene rings is 7. The molecule has 24 heteroatoms. The number of carbonyl (C=O) groups excluding carboxylic acids is 7. The van der Waals surface area contributed by atoms with Crippen molar-refractivity contribution in [2.75, 3.05) is 76.4 Å². The number of quaternary nitrogens is 1. The van der Waals surface area contributed by atoms with Gasteiger partial charge in [0.1, 0.15) is 68.7 Å². The van der Waals surface area contributed by atoms with Crippen molar-refractivity contribution in [3.8, 4) is 40.0 Å². The van der Waals surface area contributed by atoms with E-state index in [9.17, 15) is 34.3 Å². The zero-order valence-corrected chi connectivity index (χ0v) is 65.5. The van der Waals surface area contributed by atoms with Crippen LogP contribution in [0.1, 0.15) is 127 Å². The minimum atomic E-state index is -1.01. The number of primary amides is 1. The quantitative estimate of drug-likeness (QED) is 0.0217. The highest BCUT2D eigenvalue weighted by molar-refractivity contribution is 6.13. The van der Waals surface area contributed by atoms with Gasteiger partial charge in [-0.05, 0) is 181 Å². The molecule has 8 N–H and O–H groups in total. The van der Waals surface area contributed by atoms with E-state index in [1.165, 1.54) is 22.6 Å². The number of urea groups is 1. The van der Waals surface area contributed by atoms with Gasteiger partial charge in [0.15, 0.2) is 0 Å². The van der Waals surface area contributed by atoms with Crippen molar-refractivity contribution in [2.45, 2.75) is 117 Å². The molecule has 1 saturated heterocycles. The van der Waals surface area contributed by atoms with Crippen LogP contribution >= 0.6 is 0 Å². The van der Waals surface area contributed by atoms with Crippen molar-refractivity contribution >= 4 is 58.7 Å². The molecule has 9 aromatic rings. The Hall–Kier alpha value is -12.0. The lowest BCUT2D eigenvalue weighted by atomic mass is 9.89. The fourth-order valence-electron chi connectivity index (χ4n) is 16.1. The summed E-state index contributed by atoms with van der Waals surface area (Å²) in [6, 6.07) is 51.2. The summed E-state index contributed by atoms with van der Waals surface area (Å²) in [5.74, 6) is -1.25. The fourth-order valence-corrected chi connectivity index (χ4v) is 16.1. The van der Waals surface area contributed by atoms with Crippen LogP contribution in [0, 0.1) is 31.1 Å². The predicted octanol–water partition coefficient (Wildman–Crippen LogP) is 11.6. The van der Waals surface area contributed by atoms with Crippen LogP contribution in [-0.2, 0) is 83.4 Å². The number of nitriles is 1. The summed E-state index contributed by atoms with van der Waals surface area (Å²) in [7, 11) is 5.36. The number of anilines is 3. The first-order valence-corrected chi connectivity index (χ1v) is 38.8. The summed E-state index contributed by atoms with van der Waals surface area (Å²) in [6.45, 7) is 14.8. The lowest BCUT2D eigenvalue weighted by Crippen LogP contribution is -2.56. The molecule has 2 aromatic heterocycles. The number of nitrogens with zero attached hydrogens (tertiary/aromatic N) is 8. The minimum absolute atomic E-state index is 0.0356. The van der Waals surface area contributed by atoms with E-state index in [-0.39, 0.29) is 80.4 Å². The third kappa shape index (κ3) is 17.4. The Labute approximate surface area is 659 Å². The van der Waals surface area contributed by atoms with Gasteiger partial charge in [0.05, 0.1) is 36.9 Å². The highest BCUT2D eigenvalue weighted by Crippen LogP contribution is 2.45. The number of hydrogen-bond donors (Lipinski definition) is 6. The maximum Gasteiger partial charge on any atom is 0.409 e. The van der Waals surface area contributed by atoms with E-state index in [1.54, 1.807) is 41.8 Å². The van der Waals surface area contributed by atoms with Crippen molar-refractivity contribution in [2.24, 2.45) is 31.5 Å². The average Bonchev–Trinajstić information content (AvgIpc) is 1.67. The number of rotatable bonds is 26. The molecular formula is C89H100N13O11+. The Morgan fingerprint density at radius 2 is 1.44 bits per heavy atom. The van der Waals surface area contributed by atoms with Crippen LogP contribution in [0.5, 0.6) is 11.5 Å². The van der Waals surface area contributed by atoms with E-state index >= 15 is 9.59 Å². The van der Waals surface area contributed by atoms with Gasteiger partial charge < -0.3 is 75.1 Å². The smallest absolute Gasteiger partial charge is 0.409 e. The third-order valence-corrected chi connectivity index (χ3v) is 23.1. The summed E-state index contributed by atoms with van der Waals surface area (Å²) in [5.41, 5.74) is 27.9. The summed E-state index contributed by atoms with van der Waals surface area (Å²) in [5, 5.41) is 28.8. The molecule has 8 amide bonds. The molecule has 0 radical (unpaired) electrons. The summed E-state index contributed by atoms with van der Waals surface area (Å²) in [4.78, 5) is 106. The first-order chi connectivity index (χ1) is 54.4. The molecule has 4 aliphatic rings. The molecule has 3 atom stereocenters. The highest BCUT2D eigenvalue weighted by Gasteiger charge is 2.37. The van der Waals surface area contributed by atoms with E-state index in [2.05, 4.69) is 71.4 Å². The molecule has 0 unspecified atom stereocenters. The Morgan fingerprint density at radius 1 is 0.752 bits per heavy atom. The van der Waals surface area contributed by atoms with Gasteiger partial charge in [-0.2, -0.15) is 5.26 Å². The number of phenolic OH excluding ortho intramolecular Hbond substituents is 1.